The van der Waals surface area contributed by atoms with Crippen LogP contribution in [0, 0.1) is 12.7 Å². The Balaban J connectivity index is 0.00000342. The van der Waals surface area contributed by atoms with E-state index in [0.717, 1.165) is 28.7 Å². The number of halogens is 3. The number of carbonyl (C=O) groups excluding carboxylic acids is 1. The maximum atomic E-state index is 14.2. The molecular formula is C27H26Cl2FN3O2. The van der Waals surface area contributed by atoms with Crippen LogP contribution in [0.3, 0.4) is 0 Å². The third kappa shape index (κ3) is 5.56. The Morgan fingerprint density at radius 1 is 1.14 bits per heavy atom. The van der Waals surface area contributed by atoms with Gasteiger partial charge in [0.15, 0.2) is 17.3 Å². The van der Waals surface area contributed by atoms with Gasteiger partial charge in [0.25, 0.3) is 0 Å². The normalized spacial score (nSPS) is 10.9. The number of anilines is 2. The third-order valence-electron chi connectivity index (χ3n) is 5.64. The van der Waals surface area contributed by atoms with Crippen LogP contribution in [0.2, 0.25) is 5.02 Å². The van der Waals surface area contributed by atoms with Gasteiger partial charge in [-0.15, -0.1) is 12.4 Å². The van der Waals surface area contributed by atoms with Crippen LogP contribution in [0.15, 0.2) is 54.7 Å². The third-order valence-corrected chi connectivity index (χ3v) is 5.93. The summed E-state index contributed by atoms with van der Waals surface area (Å²) in [6.45, 7) is 4.22. The molecule has 0 bridgehead atoms. The van der Waals surface area contributed by atoms with Crippen molar-refractivity contribution in [1.82, 2.24) is 9.88 Å². The molecule has 0 aliphatic rings. The lowest BCUT2D eigenvalue weighted by molar-refractivity contribution is 0.101. The number of benzene rings is 3. The molecule has 0 amide bonds. The number of nitrogens with zero attached hydrogens (tertiary/aromatic N) is 2. The van der Waals surface area contributed by atoms with E-state index in [0.29, 0.717) is 22.3 Å². The number of rotatable bonds is 6. The molecule has 182 valence electrons. The fraction of sp³-hybridized carbons (Fsp3) is 0.185. The van der Waals surface area contributed by atoms with Gasteiger partial charge in [-0.3, -0.25) is 9.78 Å². The quantitative estimate of drug-likeness (QED) is 0.268. The Bertz CT molecular complexity index is 1380. The van der Waals surface area contributed by atoms with Crippen molar-refractivity contribution in [3.05, 3.63) is 82.3 Å². The van der Waals surface area contributed by atoms with Crippen molar-refractivity contribution in [2.45, 2.75) is 20.4 Å². The number of phenols is 1. The zero-order chi connectivity index (χ0) is 24.6. The molecule has 0 aliphatic carbocycles. The molecule has 1 aromatic heterocycles. The highest BCUT2D eigenvalue weighted by Gasteiger charge is 2.17. The van der Waals surface area contributed by atoms with Gasteiger partial charge >= 0.3 is 0 Å². The van der Waals surface area contributed by atoms with Crippen LogP contribution in [0.5, 0.6) is 5.75 Å². The van der Waals surface area contributed by atoms with E-state index < -0.39 is 11.6 Å². The molecule has 3 aromatic carbocycles. The van der Waals surface area contributed by atoms with Gasteiger partial charge in [0.05, 0.1) is 21.8 Å². The van der Waals surface area contributed by atoms with E-state index in [4.69, 9.17) is 11.6 Å². The molecule has 1 heterocycles. The van der Waals surface area contributed by atoms with Crippen molar-refractivity contribution in [3.8, 4) is 16.9 Å². The number of aromatic nitrogens is 1. The minimum Gasteiger partial charge on any atom is -0.504 e. The molecule has 0 aliphatic heterocycles. The van der Waals surface area contributed by atoms with Crippen LogP contribution in [0.25, 0.3) is 22.0 Å². The number of aryl methyl sites for hydroxylation is 1. The predicted octanol–water partition coefficient (Wildman–Crippen LogP) is 7.14. The Morgan fingerprint density at radius 2 is 1.83 bits per heavy atom. The van der Waals surface area contributed by atoms with Gasteiger partial charge in [0.1, 0.15) is 0 Å². The number of fused-ring (bicyclic) bond motifs is 1. The summed E-state index contributed by atoms with van der Waals surface area (Å²) < 4.78 is 14.2. The van der Waals surface area contributed by atoms with Crippen LogP contribution in [-0.4, -0.2) is 34.9 Å². The lowest BCUT2D eigenvalue weighted by Crippen LogP contribution is -2.10. The van der Waals surface area contributed by atoms with Gasteiger partial charge < -0.3 is 15.3 Å². The minimum absolute atomic E-state index is 0. The molecule has 0 spiro atoms. The summed E-state index contributed by atoms with van der Waals surface area (Å²) in [5.41, 5.74) is 5.88. The SMILES string of the molecule is CC(=O)c1cnc2cc(C)c(-c3cc(F)c(O)c(Cl)c3)cc2c1Nc1ccc(CN(C)C)cc1.Cl. The average molecular weight is 514 g/mol. The van der Waals surface area contributed by atoms with Gasteiger partial charge in [0.2, 0.25) is 0 Å². The van der Waals surface area contributed by atoms with Crippen molar-refractivity contribution >= 4 is 52.1 Å². The van der Waals surface area contributed by atoms with Crippen molar-refractivity contribution in [1.29, 1.82) is 0 Å². The molecule has 0 saturated carbocycles. The molecule has 0 saturated heterocycles. The summed E-state index contributed by atoms with van der Waals surface area (Å²) in [4.78, 5) is 19.0. The van der Waals surface area contributed by atoms with Crippen LogP contribution in [0.4, 0.5) is 15.8 Å². The minimum atomic E-state index is -0.797. The van der Waals surface area contributed by atoms with Crippen molar-refractivity contribution in [3.63, 3.8) is 0 Å². The number of nitrogens with one attached hydrogen (secondary N) is 1. The number of pyridine rings is 1. The van der Waals surface area contributed by atoms with Crippen LogP contribution in [-0.2, 0) is 6.54 Å². The first-order valence-corrected chi connectivity index (χ1v) is 11.1. The van der Waals surface area contributed by atoms with E-state index in [-0.39, 0.29) is 23.2 Å². The largest absolute Gasteiger partial charge is 0.504 e. The van der Waals surface area contributed by atoms with Crippen LogP contribution < -0.4 is 5.32 Å². The smallest absolute Gasteiger partial charge is 0.170 e. The monoisotopic (exact) mass is 513 g/mol. The predicted molar refractivity (Wildman–Crippen MR) is 143 cm³/mol. The molecule has 35 heavy (non-hydrogen) atoms. The molecule has 5 nitrogen and oxygen atoms in total. The lowest BCUT2D eigenvalue weighted by Gasteiger charge is -2.17. The number of Topliss-reactive ketones (excluding diaryl/α,β-unsaturated/α-hetero) is 1. The van der Waals surface area contributed by atoms with E-state index in [1.165, 1.54) is 24.6 Å². The van der Waals surface area contributed by atoms with Crippen molar-refractivity contribution < 1.29 is 14.3 Å². The molecule has 0 fully saturated rings. The second-order valence-corrected chi connectivity index (χ2v) is 9.04. The molecule has 0 radical (unpaired) electrons. The van der Waals surface area contributed by atoms with Gasteiger partial charge in [-0.25, -0.2) is 4.39 Å². The Kier molecular flexibility index (Phi) is 8.00. The summed E-state index contributed by atoms with van der Waals surface area (Å²) in [6.07, 6.45) is 1.57. The number of hydrogen-bond acceptors (Lipinski definition) is 5. The molecule has 0 atom stereocenters. The summed E-state index contributed by atoms with van der Waals surface area (Å²) in [7, 11) is 4.03. The first-order chi connectivity index (χ1) is 16.1. The molecule has 4 rings (SSSR count). The molecular weight excluding hydrogens is 488 g/mol. The zero-order valence-electron chi connectivity index (χ0n) is 19.8. The highest BCUT2D eigenvalue weighted by atomic mass is 35.5. The maximum absolute atomic E-state index is 14.2. The van der Waals surface area contributed by atoms with Gasteiger partial charge in [0, 0.05) is 23.8 Å². The lowest BCUT2D eigenvalue weighted by atomic mass is 9.96. The molecule has 0 unspecified atom stereocenters. The van der Waals surface area contributed by atoms with E-state index in [1.807, 2.05) is 57.4 Å². The second kappa shape index (κ2) is 10.6. The number of aromatic hydroxyl groups is 1. The topological polar surface area (TPSA) is 65.5 Å². The molecule has 4 aromatic rings. The summed E-state index contributed by atoms with van der Waals surface area (Å²) in [5, 5.41) is 13.8. The van der Waals surface area contributed by atoms with E-state index in [2.05, 4.69) is 15.2 Å². The Labute approximate surface area is 215 Å². The highest BCUT2D eigenvalue weighted by Crippen LogP contribution is 2.38. The molecule has 2 N–H and O–H groups in total. The number of hydrogen-bond donors (Lipinski definition) is 2. The highest BCUT2D eigenvalue weighted by molar-refractivity contribution is 6.32. The van der Waals surface area contributed by atoms with Crippen molar-refractivity contribution in [2.75, 3.05) is 19.4 Å². The number of carbonyl (C=O) groups is 1. The van der Waals surface area contributed by atoms with Gasteiger partial charge in [-0.2, -0.15) is 0 Å². The fourth-order valence-electron chi connectivity index (χ4n) is 3.98. The number of phenolic OH excluding ortho intramolecular Hbond substituents is 1. The van der Waals surface area contributed by atoms with E-state index >= 15 is 0 Å². The van der Waals surface area contributed by atoms with Gasteiger partial charge in [-0.05, 0) is 86.6 Å². The standard InChI is InChI=1S/C27H25ClFN3O2.ClH/c1-15-9-25-21(12-20(15)18-10-23(28)27(34)24(29)11-18)26(22(13-30-25)16(2)33)31-19-7-5-17(6-8-19)14-32(3)4;/h5-13,34H,14H2,1-4H3,(H,30,31);1H. The van der Waals surface area contributed by atoms with E-state index in [9.17, 15) is 14.3 Å². The first-order valence-electron chi connectivity index (χ1n) is 10.8. The molecule has 8 heteroatoms. The average Bonchev–Trinajstić information content (AvgIpc) is 2.77. The summed E-state index contributed by atoms with van der Waals surface area (Å²) in [6, 6.07) is 14.5. The maximum Gasteiger partial charge on any atom is 0.170 e. The Hall–Kier alpha value is -3.19. The second-order valence-electron chi connectivity index (χ2n) is 8.64. The van der Waals surface area contributed by atoms with Crippen LogP contribution >= 0.6 is 24.0 Å². The summed E-state index contributed by atoms with van der Waals surface area (Å²) in [5.74, 6) is -1.50. The summed E-state index contributed by atoms with van der Waals surface area (Å²) >= 11 is 6.03. The number of ketones is 1. The Morgan fingerprint density at radius 3 is 2.43 bits per heavy atom. The van der Waals surface area contributed by atoms with E-state index in [1.54, 1.807) is 6.20 Å². The van der Waals surface area contributed by atoms with Crippen molar-refractivity contribution in [2.24, 2.45) is 0 Å². The fourth-order valence-corrected chi connectivity index (χ4v) is 4.19. The first kappa shape index (κ1) is 26.4. The van der Waals surface area contributed by atoms with Gasteiger partial charge in [-0.1, -0.05) is 23.7 Å². The van der Waals surface area contributed by atoms with Crippen LogP contribution in [0.1, 0.15) is 28.4 Å². The zero-order valence-corrected chi connectivity index (χ0v) is 21.4.